The Hall–Kier alpha value is -0.820. The van der Waals surface area contributed by atoms with Crippen LogP contribution in [0.5, 0.6) is 0 Å². The predicted molar refractivity (Wildman–Crippen MR) is 55.8 cm³/mol. The van der Waals surface area contributed by atoms with Crippen molar-refractivity contribution in [1.82, 2.24) is 0 Å². The van der Waals surface area contributed by atoms with Crippen LogP contribution in [0.3, 0.4) is 0 Å². The van der Waals surface area contributed by atoms with Crippen LogP contribution in [0.1, 0.15) is 18.9 Å². The Morgan fingerprint density at radius 1 is 1.25 bits per heavy atom. The maximum absolute atomic E-state index is 2.29. The topological polar surface area (TPSA) is 0 Å². The molecule has 1 aromatic carbocycles. The molecule has 0 fully saturated rings. The largest absolute Gasteiger partial charge is 0.144 e. The van der Waals surface area contributed by atoms with E-state index in [0.29, 0.717) is 0 Å². The van der Waals surface area contributed by atoms with Crippen LogP contribution >= 0.6 is 11.3 Å². The van der Waals surface area contributed by atoms with Crippen molar-refractivity contribution in [2.45, 2.75) is 19.8 Å². The predicted octanol–water partition coefficient (Wildman–Crippen LogP) is 3.85. The molecule has 1 aromatic heterocycles. The maximum atomic E-state index is 2.29. The summed E-state index contributed by atoms with van der Waals surface area (Å²) in [6.07, 6.45) is 2.45. The van der Waals surface area contributed by atoms with Crippen LogP contribution in [-0.4, -0.2) is 0 Å². The first-order chi connectivity index (χ1) is 5.92. The van der Waals surface area contributed by atoms with Gasteiger partial charge in [-0.05, 0) is 28.8 Å². The minimum atomic E-state index is 1.21. The van der Waals surface area contributed by atoms with E-state index < -0.39 is 0 Å². The number of aryl methyl sites for hydroxylation is 1. The molecule has 2 aromatic rings. The molecule has 0 saturated heterocycles. The van der Waals surface area contributed by atoms with Crippen LogP contribution in [-0.2, 0) is 6.42 Å². The van der Waals surface area contributed by atoms with E-state index in [1.807, 2.05) is 11.3 Å². The van der Waals surface area contributed by atoms with Gasteiger partial charge in [0.1, 0.15) is 0 Å². The van der Waals surface area contributed by atoms with Crippen molar-refractivity contribution in [3.63, 3.8) is 0 Å². The summed E-state index contributed by atoms with van der Waals surface area (Å²) in [4.78, 5) is 0. The van der Waals surface area contributed by atoms with Gasteiger partial charge in [-0.15, -0.1) is 11.3 Å². The lowest BCUT2D eigenvalue weighted by molar-refractivity contribution is 0.933. The minimum absolute atomic E-state index is 1.21. The molecule has 62 valence electrons. The van der Waals surface area contributed by atoms with Crippen molar-refractivity contribution in [2.75, 3.05) is 0 Å². The first-order valence-corrected chi connectivity index (χ1v) is 5.25. The third-order valence-electron chi connectivity index (χ3n) is 2.08. The molecule has 2 rings (SSSR count). The Kier molecular flexibility index (Phi) is 2.13. The monoisotopic (exact) mass is 176 g/mol. The lowest BCUT2D eigenvalue weighted by atomic mass is 10.1. The van der Waals surface area contributed by atoms with Gasteiger partial charge in [-0.3, -0.25) is 0 Å². The molecule has 0 radical (unpaired) electrons. The van der Waals surface area contributed by atoms with E-state index in [0.717, 1.165) is 0 Å². The van der Waals surface area contributed by atoms with Crippen molar-refractivity contribution in [3.8, 4) is 0 Å². The lowest BCUT2D eigenvalue weighted by Gasteiger charge is -1.94. The van der Waals surface area contributed by atoms with Crippen molar-refractivity contribution in [3.05, 3.63) is 35.2 Å². The summed E-state index contributed by atoms with van der Waals surface area (Å²) in [6, 6.07) is 8.64. The average Bonchev–Trinajstić information content (AvgIpc) is 2.50. The molecule has 0 aliphatic heterocycles. The lowest BCUT2D eigenvalue weighted by Crippen LogP contribution is -1.77. The molecule has 1 heterocycles. The Bertz CT molecular complexity index is 373. The van der Waals surface area contributed by atoms with Crippen LogP contribution in [0.15, 0.2) is 29.6 Å². The molecule has 1 heteroatoms. The van der Waals surface area contributed by atoms with Crippen LogP contribution in [0.4, 0.5) is 0 Å². The molecule has 0 unspecified atom stereocenters. The normalized spacial score (nSPS) is 10.8. The number of thiophene rings is 1. The minimum Gasteiger partial charge on any atom is -0.144 e. The zero-order valence-electron chi connectivity index (χ0n) is 7.21. The molecule has 0 atom stereocenters. The van der Waals surface area contributed by atoms with Gasteiger partial charge in [0.2, 0.25) is 0 Å². The van der Waals surface area contributed by atoms with Crippen molar-refractivity contribution >= 4 is 21.4 Å². The molecular formula is C11H12S. The quantitative estimate of drug-likeness (QED) is 0.652. The highest BCUT2D eigenvalue weighted by atomic mass is 32.1. The molecule has 0 bridgehead atoms. The van der Waals surface area contributed by atoms with E-state index in [1.54, 1.807) is 0 Å². The van der Waals surface area contributed by atoms with Crippen LogP contribution in [0, 0.1) is 0 Å². The Morgan fingerprint density at radius 2 is 2.08 bits per heavy atom. The smallest absolute Gasteiger partial charge is 0.0345 e. The fourth-order valence-electron chi connectivity index (χ4n) is 1.50. The van der Waals surface area contributed by atoms with Crippen molar-refractivity contribution < 1.29 is 0 Å². The van der Waals surface area contributed by atoms with E-state index in [4.69, 9.17) is 0 Å². The van der Waals surface area contributed by atoms with Crippen LogP contribution < -0.4 is 0 Å². The number of rotatable bonds is 2. The van der Waals surface area contributed by atoms with Gasteiger partial charge in [0.25, 0.3) is 0 Å². The Balaban J connectivity index is 2.55. The summed E-state index contributed by atoms with van der Waals surface area (Å²) < 4.78 is 1.42. The zero-order chi connectivity index (χ0) is 8.39. The molecule has 12 heavy (non-hydrogen) atoms. The molecule has 0 spiro atoms. The standard InChI is InChI=1S/C11H12S/c1-2-5-9-8-12-11-7-4-3-6-10(9)11/h3-4,6-8H,2,5H2,1H3. The van der Waals surface area contributed by atoms with Gasteiger partial charge < -0.3 is 0 Å². The van der Waals surface area contributed by atoms with Gasteiger partial charge in [-0.1, -0.05) is 31.5 Å². The zero-order valence-corrected chi connectivity index (χ0v) is 8.03. The third kappa shape index (κ3) is 1.25. The van der Waals surface area contributed by atoms with Gasteiger partial charge in [0.15, 0.2) is 0 Å². The summed E-state index contributed by atoms with van der Waals surface area (Å²) in [5.41, 5.74) is 1.51. The van der Waals surface area contributed by atoms with Crippen LogP contribution in [0.25, 0.3) is 10.1 Å². The van der Waals surface area contributed by atoms with E-state index in [9.17, 15) is 0 Å². The highest BCUT2D eigenvalue weighted by molar-refractivity contribution is 7.17. The Labute approximate surface area is 76.8 Å². The maximum Gasteiger partial charge on any atom is 0.0345 e. The molecule has 0 nitrogen and oxygen atoms in total. The van der Waals surface area contributed by atoms with Gasteiger partial charge in [-0.25, -0.2) is 0 Å². The highest BCUT2D eigenvalue weighted by Gasteiger charge is 2.00. The van der Waals surface area contributed by atoms with Crippen molar-refractivity contribution in [1.29, 1.82) is 0 Å². The third-order valence-corrected chi connectivity index (χ3v) is 3.09. The van der Waals surface area contributed by atoms with Gasteiger partial charge in [0.05, 0.1) is 0 Å². The van der Waals surface area contributed by atoms with E-state index in [-0.39, 0.29) is 0 Å². The molecule has 0 N–H and O–H groups in total. The second-order valence-corrected chi connectivity index (χ2v) is 3.92. The summed E-state index contributed by atoms with van der Waals surface area (Å²) in [7, 11) is 0. The second kappa shape index (κ2) is 3.28. The SMILES string of the molecule is CCCc1csc2ccccc12. The summed E-state index contributed by atoms with van der Waals surface area (Å²) in [5.74, 6) is 0. The first kappa shape index (κ1) is 7.81. The fourth-order valence-corrected chi connectivity index (χ4v) is 2.49. The molecule has 0 saturated carbocycles. The number of hydrogen-bond acceptors (Lipinski definition) is 1. The second-order valence-electron chi connectivity index (χ2n) is 3.01. The Morgan fingerprint density at radius 3 is 2.92 bits per heavy atom. The first-order valence-electron chi connectivity index (χ1n) is 4.37. The van der Waals surface area contributed by atoms with E-state index >= 15 is 0 Å². The van der Waals surface area contributed by atoms with Gasteiger partial charge >= 0.3 is 0 Å². The summed E-state index contributed by atoms with van der Waals surface area (Å²) in [6.45, 7) is 2.23. The molecular weight excluding hydrogens is 164 g/mol. The molecule has 0 aliphatic rings. The number of benzene rings is 1. The van der Waals surface area contributed by atoms with Crippen molar-refractivity contribution in [2.24, 2.45) is 0 Å². The van der Waals surface area contributed by atoms with Gasteiger partial charge in [-0.2, -0.15) is 0 Å². The number of hydrogen-bond donors (Lipinski definition) is 0. The van der Waals surface area contributed by atoms with E-state index in [1.165, 1.54) is 28.5 Å². The fraction of sp³-hybridized carbons (Fsp3) is 0.273. The highest BCUT2D eigenvalue weighted by Crippen LogP contribution is 2.26. The van der Waals surface area contributed by atoms with Gasteiger partial charge in [0, 0.05) is 4.70 Å². The van der Waals surface area contributed by atoms with Crippen LogP contribution in [0.2, 0.25) is 0 Å². The number of fused-ring (bicyclic) bond motifs is 1. The summed E-state index contributed by atoms with van der Waals surface area (Å²) >= 11 is 1.85. The van der Waals surface area contributed by atoms with E-state index in [2.05, 4.69) is 36.6 Å². The average molecular weight is 176 g/mol. The summed E-state index contributed by atoms with van der Waals surface area (Å²) in [5, 5.41) is 3.73. The molecule has 0 amide bonds. The molecule has 0 aliphatic carbocycles.